The van der Waals surface area contributed by atoms with Crippen molar-refractivity contribution in [1.82, 2.24) is 0 Å². The molecular formula is C14H9FIN3O2. The van der Waals surface area contributed by atoms with Gasteiger partial charge in [-0.3, -0.25) is 10.1 Å². The van der Waals surface area contributed by atoms with Gasteiger partial charge < -0.3 is 5.32 Å². The third kappa shape index (κ3) is 3.66. The first-order valence-electron chi connectivity index (χ1n) is 5.87. The van der Waals surface area contributed by atoms with Crippen LogP contribution in [0.5, 0.6) is 0 Å². The zero-order chi connectivity index (χ0) is 15.4. The second kappa shape index (κ2) is 6.49. The number of hydrogen-bond acceptors (Lipinski definition) is 4. The van der Waals surface area contributed by atoms with Crippen molar-refractivity contribution in [3.8, 4) is 6.07 Å². The summed E-state index contributed by atoms with van der Waals surface area (Å²) in [4.78, 5) is 10.4. The van der Waals surface area contributed by atoms with E-state index in [4.69, 9.17) is 5.26 Å². The van der Waals surface area contributed by atoms with Crippen LogP contribution in [0.4, 0.5) is 15.8 Å². The Bertz CT molecular complexity index is 743. The molecule has 5 nitrogen and oxygen atoms in total. The maximum absolute atomic E-state index is 13.6. The SMILES string of the molecule is N#Cc1cccc(CNc2cc(F)c(I)cc2[N+](=O)[O-])c1. The van der Waals surface area contributed by atoms with Crippen molar-refractivity contribution in [3.05, 3.63) is 67.0 Å². The van der Waals surface area contributed by atoms with Gasteiger partial charge in [0.25, 0.3) is 5.69 Å². The molecule has 0 spiro atoms. The Kier molecular flexibility index (Phi) is 4.70. The molecule has 0 unspecified atom stereocenters. The largest absolute Gasteiger partial charge is 0.375 e. The van der Waals surface area contributed by atoms with Crippen molar-refractivity contribution < 1.29 is 9.31 Å². The lowest BCUT2D eigenvalue weighted by molar-refractivity contribution is -0.384. The van der Waals surface area contributed by atoms with E-state index in [1.54, 1.807) is 46.9 Å². The van der Waals surface area contributed by atoms with Crippen LogP contribution in [0, 0.1) is 30.8 Å². The molecule has 0 fully saturated rings. The fourth-order valence-corrected chi connectivity index (χ4v) is 2.23. The minimum atomic E-state index is -0.560. The molecule has 106 valence electrons. The van der Waals surface area contributed by atoms with Crippen LogP contribution >= 0.6 is 22.6 Å². The number of anilines is 1. The molecule has 0 aliphatic rings. The summed E-state index contributed by atoms with van der Waals surface area (Å²) in [7, 11) is 0. The van der Waals surface area contributed by atoms with E-state index < -0.39 is 10.7 Å². The van der Waals surface area contributed by atoms with Crippen molar-refractivity contribution in [3.63, 3.8) is 0 Å². The molecule has 2 aromatic rings. The first-order valence-corrected chi connectivity index (χ1v) is 6.95. The van der Waals surface area contributed by atoms with Gasteiger partial charge in [-0.25, -0.2) is 4.39 Å². The second-order valence-electron chi connectivity index (χ2n) is 4.21. The summed E-state index contributed by atoms with van der Waals surface area (Å²) < 4.78 is 13.7. The molecule has 0 atom stereocenters. The van der Waals surface area contributed by atoms with Crippen LogP contribution in [-0.2, 0) is 6.54 Å². The zero-order valence-corrected chi connectivity index (χ0v) is 12.8. The van der Waals surface area contributed by atoms with E-state index in [1.165, 1.54) is 6.07 Å². The van der Waals surface area contributed by atoms with Crippen LogP contribution in [0.25, 0.3) is 0 Å². The van der Waals surface area contributed by atoms with E-state index in [0.29, 0.717) is 5.56 Å². The lowest BCUT2D eigenvalue weighted by atomic mass is 10.1. The quantitative estimate of drug-likeness (QED) is 0.483. The fourth-order valence-electron chi connectivity index (χ4n) is 1.78. The number of nitro groups is 1. The average Bonchev–Trinajstić information content (AvgIpc) is 2.48. The molecule has 7 heteroatoms. The number of nitriles is 1. The Balaban J connectivity index is 2.25. The van der Waals surface area contributed by atoms with Crippen LogP contribution < -0.4 is 5.32 Å². The van der Waals surface area contributed by atoms with Gasteiger partial charge in [0.2, 0.25) is 0 Å². The Labute approximate surface area is 133 Å². The van der Waals surface area contributed by atoms with Crippen LogP contribution in [0.3, 0.4) is 0 Å². The Morgan fingerprint density at radius 2 is 2.14 bits per heavy atom. The number of halogens is 2. The van der Waals surface area contributed by atoms with E-state index in [1.807, 2.05) is 6.07 Å². The van der Waals surface area contributed by atoms with Gasteiger partial charge in [-0.05, 0) is 40.3 Å². The topological polar surface area (TPSA) is 79.0 Å². The first kappa shape index (κ1) is 15.2. The van der Waals surface area contributed by atoms with Gasteiger partial charge in [0.05, 0.1) is 20.1 Å². The summed E-state index contributed by atoms with van der Waals surface area (Å²) in [5, 5.41) is 22.7. The van der Waals surface area contributed by atoms with Gasteiger partial charge in [-0.2, -0.15) is 5.26 Å². The number of nitrogens with zero attached hydrogens (tertiary/aromatic N) is 2. The molecule has 2 aromatic carbocycles. The van der Waals surface area contributed by atoms with Crippen molar-refractivity contribution >= 4 is 34.0 Å². The highest BCUT2D eigenvalue weighted by atomic mass is 127. The molecule has 0 heterocycles. The van der Waals surface area contributed by atoms with E-state index >= 15 is 0 Å². The van der Waals surface area contributed by atoms with E-state index in [2.05, 4.69) is 5.32 Å². The number of rotatable bonds is 4. The summed E-state index contributed by atoms with van der Waals surface area (Å²) in [5.41, 5.74) is 1.21. The lowest BCUT2D eigenvalue weighted by Crippen LogP contribution is -2.04. The average molecular weight is 397 g/mol. The normalized spacial score (nSPS) is 9.95. The summed E-state index contributed by atoms with van der Waals surface area (Å²) in [5.74, 6) is -0.519. The van der Waals surface area contributed by atoms with Crippen LogP contribution in [0.15, 0.2) is 36.4 Å². The second-order valence-corrected chi connectivity index (χ2v) is 5.37. The molecule has 0 saturated heterocycles. The first-order chi connectivity index (χ1) is 10.0. The van der Waals surface area contributed by atoms with Gasteiger partial charge in [0.1, 0.15) is 11.5 Å². The highest BCUT2D eigenvalue weighted by molar-refractivity contribution is 14.1. The van der Waals surface area contributed by atoms with Crippen molar-refractivity contribution in [2.75, 3.05) is 5.32 Å². The van der Waals surface area contributed by atoms with Gasteiger partial charge in [0, 0.05) is 18.7 Å². The van der Waals surface area contributed by atoms with E-state index in [9.17, 15) is 14.5 Å². The molecule has 0 amide bonds. The smallest absolute Gasteiger partial charge is 0.293 e. The zero-order valence-electron chi connectivity index (χ0n) is 10.6. The third-order valence-corrected chi connectivity index (χ3v) is 3.60. The fraction of sp³-hybridized carbons (Fsp3) is 0.0714. The molecule has 1 N–H and O–H groups in total. The van der Waals surface area contributed by atoms with E-state index in [-0.39, 0.29) is 21.5 Å². The van der Waals surface area contributed by atoms with Crippen molar-refractivity contribution in [2.45, 2.75) is 6.54 Å². The number of nitrogens with one attached hydrogen (secondary N) is 1. The van der Waals surface area contributed by atoms with Crippen molar-refractivity contribution in [1.29, 1.82) is 5.26 Å². The predicted octanol–water partition coefficient (Wildman–Crippen LogP) is 3.82. The summed E-state index contributed by atoms with van der Waals surface area (Å²) in [6.07, 6.45) is 0. The predicted molar refractivity (Wildman–Crippen MR) is 84.3 cm³/mol. The summed E-state index contributed by atoms with van der Waals surface area (Å²) >= 11 is 1.71. The molecule has 0 bridgehead atoms. The minimum absolute atomic E-state index is 0.111. The standard InChI is InChI=1S/C14H9FIN3O2/c15-11-5-13(14(19(20)21)6-12(11)16)18-8-10-3-1-2-9(4-10)7-17/h1-6,18H,8H2. The summed E-state index contributed by atoms with van der Waals surface area (Å²) in [6, 6.07) is 11.1. The van der Waals surface area contributed by atoms with Gasteiger partial charge in [0.15, 0.2) is 0 Å². The highest BCUT2D eigenvalue weighted by Crippen LogP contribution is 2.29. The van der Waals surface area contributed by atoms with Gasteiger partial charge in [-0.15, -0.1) is 0 Å². The molecule has 0 aliphatic carbocycles. The number of hydrogen-bond donors (Lipinski definition) is 1. The Morgan fingerprint density at radius 1 is 1.38 bits per heavy atom. The maximum atomic E-state index is 13.6. The Morgan fingerprint density at radius 3 is 2.81 bits per heavy atom. The van der Waals surface area contributed by atoms with E-state index in [0.717, 1.165) is 11.6 Å². The molecule has 2 rings (SSSR count). The number of benzene rings is 2. The molecule has 0 radical (unpaired) electrons. The minimum Gasteiger partial charge on any atom is -0.375 e. The van der Waals surface area contributed by atoms with Gasteiger partial charge in [-0.1, -0.05) is 12.1 Å². The van der Waals surface area contributed by atoms with Crippen molar-refractivity contribution in [2.24, 2.45) is 0 Å². The number of nitro benzene ring substituents is 1. The highest BCUT2D eigenvalue weighted by Gasteiger charge is 2.17. The molecular weight excluding hydrogens is 388 g/mol. The third-order valence-electron chi connectivity index (χ3n) is 2.77. The monoisotopic (exact) mass is 397 g/mol. The lowest BCUT2D eigenvalue weighted by Gasteiger charge is -2.08. The molecule has 0 saturated carbocycles. The van der Waals surface area contributed by atoms with Gasteiger partial charge >= 0.3 is 0 Å². The molecule has 0 aliphatic heterocycles. The summed E-state index contributed by atoms with van der Waals surface area (Å²) in [6.45, 7) is 0.260. The molecule has 21 heavy (non-hydrogen) atoms. The van der Waals surface area contributed by atoms with Crippen LogP contribution in [0.1, 0.15) is 11.1 Å². The maximum Gasteiger partial charge on any atom is 0.293 e. The van der Waals surface area contributed by atoms with Crippen LogP contribution in [0.2, 0.25) is 0 Å². The van der Waals surface area contributed by atoms with Crippen LogP contribution in [-0.4, -0.2) is 4.92 Å². The molecule has 0 aromatic heterocycles. The Hall–Kier alpha value is -2.21.